The van der Waals surface area contributed by atoms with Gasteiger partial charge in [-0.2, -0.15) is 0 Å². The standard InChI is InChI=1S/C14H14N4O2/c19-10-12-6-5-11(20-12)9-15-13-3-1-2-4-14(13)18-8-7-16-17-18/h1-8,15,19H,9-10H2. The molecule has 0 radical (unpaired) electrons. The van der Waals surface area contributed by atoms with E-state index in [2.05, 4.69) is 15.6 Å². The molecule has 6 nitrogen and oxygen atoms in total. The van der Waals surface area contributed by atoms with E-state index < -0.39 is 0 Å². The van der Waals surface area contributed by atoms with Gasteiger partial charge in [-0.1, -0.05) is 17.3 Å². The maximum Gasteiger partial charge on any atom is 0.129 e. The fourth-order valence-electron chi connectivity index (χ4n) is 1.94. The average Bonchev–Trinajstić information content (AvgIpc) is 3.17. The summed E-state index contributed by atoms with van der Waals surface area (Å²) < 4.78 is 7.14. The lowest BCUT2D eigenvalue weighted by atomic mass is 10.2. The molecule has 3 rings (SSSR count). The minimum Gasteiger partial charge on any atom is -0.462 e. The highest BCUT2D eigenvalue weighted by molar-refractivity contribution is 5.60. The van der Waals surface area contributed by atoms with Crippen LogP contribution in [0.5, 0.6) is 0 Å². The molecular weight excluding hydrogens is 256 g/mol. The van der Waals surface area contributed by atoms with Crippen LogP contribution in [0.3, 0.4) is 0 Å². The van der Waals surface area contributed by atoms with Gasteiger partial charge < -0.3 is 14.8 Å². The van der Waals surface area contributed by atoms with Crippen LogP contribution in [0.25, 0.3) is 5.69 Å². The number of benzene rings is 1. The Labute approximate surface area is 115 Å². The fourth-order valence-corrected chi connectivity index (χ4v) is 1.94. The molecule has 0 aliphatic rings. The number of aliphatic hydroxyl groups excluding tert-OH is 1. The number of para-hydroxylation sites is 2. The third-order valence-electron chi connectivity index (χ3n) is 2.90. The number of aliphatic hydroxyl groups is 1. The zero-order chi connectivity index (χ0) is 13.8. The van der Waals surface area contributed by atoms with Gasteiger partial charge in [0.1, 0.15) is 18.1 Å². The van der Waals surface area contributed by atoms with Crippen LogP contribution in [0.1, 0.15) is 11.5 Å². The molecular formula is C14H14N4O2. The second-order valence-corrected chi connectivity index (χ2v) is 4.24. The van der Waals surface area contributed by atoms with Crippen LogP contribution in [-0.4, -0.2) is 20.1 Å². The van der Waals surface area contributed by atoms with Crippen molar-refractivity contribution in [3.8, 4) is 5.69 Å². The largest absolute Gasteiger partial charge is 0.462 e. The Morgan fingerprint density at radius 3 is 2.75 bits per heavy atom. The Morgan fingerprint density at radius 1 is 1.15 bits per heavy atom. The summed E-state index contributed by atoms with van der Waals surface area (Å²) in [6.07, 6.45) is 3.42. The van der Waals surface area contributed by atoms with E-state index in [0.29, 0.717) is 12.3 Å². The van der Waals surface area contributed by atoms with Crippen LogP contribution >= 0.6 is 0 Å². The van der Waals surface area contributed by atoms with Gasteiger partial charge in [0.25, 0.3) is 0 Å². The van der Waals surface area contributed by atoms with Gasteiger partial charge in [0.15, 0.2) is 0 Å². The van der Waals surface area contributed by atoms with Crippen LogP contribution in [-0.2, 0) is 13.2 Å². The molecule has 0 spiro atoms. The van der Waals surface area contributed by atoms with Gasteiger partial charge in [0, 0.05) is 0 Å². The first-order valence-corrected chi connectivity index (χ1v) is 6.25. The minimum atomic E-state index is -0.0878. The maximum atomic E-state index is 8.97. The predicted molar refractivity (Wildman–Crippen MR) is 73.3 cm³/mol. The summed E-state index contributed by atoms with van der Waals surface area (Å²) in [5.74, 6) is 1.33. The molecule has 2 heterocycles. The monoisotopic (exact) mass is 270 g/mol. The number of aromatic nitrogens is 3. The highest BCUT2D eigenvalue weighted by Gasteiger charge is 2.06. The second-order valence-electron chi connectivity index (χ2n) is 4.24. The maximum absolute atomic E-state index is 8.97. The van der Waals surface area contributed by atoms with Crippen molar-refractivity contribution < 1.29 is 9.52 Å². The van der Waals surface area contributed by atoms with Gasteiger partial charge >= 0.3 is 0 Å². The lowest BCUT2D eigenvalue weighted by Gasteiger charge is -2.10. The smallest absolute Gasteiger partial charge is 0.129 e. The van der Waals surface area contributed by atoms with Gasteiger partial charge in [-0.25, -0.2) is 4.68 Å². The van der Waals surface area contributed by atoms with Crippen molar-refractivity contribution >= 4 is 5.69 Å². The summed E-state index contributed by atoms with van der Waals surface area (Å²) in [6, 6.07) is 11.4. The molecule has 0 saturated carbocycles. The summed E-state index contributed by atoms with van der Waals surface area (Å²) in [7, 11) is 0. The topological polar surface area (TPSA) is 76.1 Å². The molecule has 0 amide bonds. The van der Waals surface area contributed by atoms with E-state index in [1.165, 1.54) is 0 Å². The number of hydrogen-bond donors (Lipinski definition) is 2. The van der Waals surface area contributed by atoms with Gasteiger partial charge in [0.2, 0.25) is 0 Å². The molecule has 0 fully saturated rings. The average molecular weight is 270 g/mol. The van der Waals surface area contributed by atoms with Gasteiger partial charge in [0.05, 0.1) is 30.3 Å². The molecule has 2 N–H and O–H groups in total. The predicted octanol–water partition coefficient (Wildman–Crippen LogP) is 1.96. The van der Waals surface area contributed by atoms with Crippen molar-refractivity contribution in [2.45, 2.75) is 13.2 Å². The van der Waals surface area contributed by atoms with Crippen LogP contribution in [0.4, 0.5) is 5.69 Å². The van der Waals surface area contributed by atoms with E-state index in [1.54, 1.807) is 23.1 Å². The third kappa shape index (κ3) is 2.55. The zero-order valence-corrected chi connectivity index (χ0v) is 10.7. The van der Waals surface area contributed by atoms with Crippen molar-refractivity contribution in [3.63, 3.8) is 0 Å². The van der Waals surface area contributed by atoms with E-state index in [9.17, 15) is 0 Å². The van der Waals surface area contributed by atoms with E-state index in [4.69, 9.17) is 9.52 Å². The molecule has 2 aromatic heterocycles. The quantitative estimate of drug-likeness (QED) is 0.741. The molecule has 0 aliphatic carbocycles. The summed E-state index contributed by atoms with van der Waals surface area (Å²) in [6.45, 7) is 0.446. The number of nitrogens with zero attached hydrogens (tertiary/aromatic N) is 3. The molecule has 0 unspecified atom stereocenters. The Morgan fingerprint density at radius 2 is 2.00 bits per heavy atom. The fraction of sp³-hybridized carbons (Fsp3) is 0.143. The number of anilines is 1. The molecule has 20 heavy (non-hydrogen) atoms. The highest BCUT2D eigenvalue weighted by Crippen LogP contribution is 2.20. The van der Waals surface area contributed by atoms with E-state index in [1.807, 2.05) is 30.3 Å². The third-order valence-corrected chi connectivity index (χ3v) is 2.90. The SMILES string of the molecule is OCc1ccc(CNc2ccccc2-n2ccnn2)o1. The van der Waals surface area contributed by atoms with Crippen LogP contribution in [0.15, 0.2) is 53.2 Å². The lowest BCUT2D eigenvalue weighted by Crippen LogP contribution is -2.04. The molecule has 0 bridgehead atoms. The molecule has 0 aliphatic heterocycles. The summed E-state index contributed by atoms with van der Waals surface area (Å²) in [4.78, 5) is 0. The first-order chi connectivity index (χ1) is 9.86. The number of nitrogens with one attached hydrogen (secondary N) is 1. The highest BCUT2D eigenvalue weighted by atomic mass is 16.4. The molecule has 0 atom stereocenters. The van der Waals surface area contributed by atoms with Crippen molar-refractivity contribution in [2.24, 2.45) is 0 Å². The van der Waals surface area contributed by atoms with Crippen molar-refractivity contribution in [1.82, 2.24) is 15.0 Å². The molecule has 102 valence electrons. The Hall–Kier alpha value is -2.60. The number of hydrogen-bond acceptors (Lipinski definition) is 5. The Bertz CT molecular complexity index is 676. The Kier molecular flexibility index (Phi) is 3.47. The normalized spacial score (nSPS) is 10.7. The zero-order valence-electron chi connectivity index (χ0n) is 10.7. The van der Waals surface area contributed by atoms with Crippen molar-refractivity contribution in [3.05, 3.63) is 60.3 Å². The first-order valence-electron chi connectivity index (χ1n) is 6.25. The van der Waals surface area contributed by atoms with Gasteiger partial charge in [-0.15, -0.1) is 5.10 Å². The van der Waals surface area contributed by atoms with Crippen molar-refractivity contribution in [2.75, 3.05) is 5.32 Å². The van der Waals surface area contributed by atoms with Gasteiger partial charge in [-0.05, 0) is 24.3 Å². The summed E-state index contributed by atoms with van der Waals surface area (Å²) in [5, 5.41) is 20.1. The number of furan rings is 1. The Balaban J connectivity index is 1.77. The minimum absolute atomic E-state index is 0.0878. The van der Waals surface area contributed by atoms with E-state index >= 15 is 0 Å². The van der Waals surface area contributed by atoms with Crippen molar-refractivity contribution in [1.29, 1.82) is 0 Å². The van der Waals surface area contributed by atoms with E-state index in [-0.39, 0.29) is 6.61 Å². The van der Waals surface area contributed by atoms with Gasteiger partial charge in [-0.3, -0.25) is 0 Å². The summed E-state index contributed by atoms with van der Waals surface area (Å²) in [5.41, 5.74) is 1.85. The van der Waals surface area contributed by atoms with E-state index in [0.717, 1.165) is 17.1 Å². The van der Waals surface area contributed by atoms with Crippen LogP contribution in [0.2, 0.25) is 0 Å². The molecule has 3 aromatic rings. The number of rotatable bonds is 5. The van der Waals surface area contributed by atoms with Crippen LogP contribution in [0, 0.1) is 0 Å². The van der Waals surface area contributed by atoms with Crippen LogP contribution < -0.4 is 5.32 Å². The molecule has 6 heteroatoms. The molecule has 0 saturated heterocycles. The second kappa shape index (κ2) is 5.58. The molecule has 1 aromatic carbocycles. The first kappa shape index (κ1) is 12.4. The summed E-state index contributed by atoms with van der Waals surface area (Å²) >= 11 is 0. The lowest BCUT2D eigenvalue weighted by molar-refractivity contribution is 0.244.